The van der Waals surface area contributed by atoms with Crippen LogP contribution in [0.5, 0.6) is 0 Å². The zero-order chi connectivity index (χ0) is 13.8. The highest BCUT2D eigenvalue weighted by atomic mass is 79.9. The lowest BCUT2D eigenvalue weighted by Crippen LogP contribution is -2.41. The summed E-state index contributed by atoms with van der Waals surface area (Å²) in [7, 11) is 0. The second kappa shape index (κ2) is 6.86. The van der Waals surface area contributed by atoms with Crippen molar-refractivity contribution in [2.75, 3.05) is 19.6 Å². The number of halogens is 2. The Labute approximate surface area is 131 Å². The quantitative estimate of drug-likeness (QED) is 0.855. The molecule has 0 bridgehead atoms. The number of amides is 1. The van der Waals surface area contributed by atoms with Crippen molar-refractivity contribution >= 4 is 37.8 Å². The lowest BCUT2D eigenvalue weighted by atomic mass is 10.1. The fraction of sp³-hybridized carbons (Fsp3) is 0.500. The molecule has 0 saturated carbocycles. The van der Waals surface area contributed by atoms with Crippen molar-refractivity contribution in [3.8, 4) is 0 Å². The molecule has 0 radical (unpaired) electrons. The third kappa shape index (κ3) is 4.04. The van der Waals surface area contributed by atoms with Crippen molar-refractivity contribution in [3.05, 3.63) is 32.7 Å². The molecular formula is C14H18Br2N2O. The summed E-state index contributed by atoms with van der Waals surface area (Å²) in [5.41, 5.74) is 0.723. The highest BCUT2D eigenvalue weighted by molar-refractivity contribution is 9.11. The molecule has 5 heteroatoms. The summed E-state index contributed by atoms with van der Waals surface area (Å²) in [5.74, 6) is 0.0956. The van der Waals surface area contributed by atoms with Crippen molar-refractivity contribution in [2.45, 2.75) is 25.8 Å². The van der Waals surface area contributed by atoms with Gasteiger partial charge in [-0.2, -0.15) is 0 Å². The molecule has 1 aromatic rings. The number of nitrogens with zero attached hydrogens (tertiary/aromatic N) is 1. The van der Waals surface area contributed by atoms with Crippen LogP contribution in [-0.2, 0) is 0 Å². The van der Waals surface area contributed by atoms with Crippen molar-refractivity contribution in [3.63, 3.8) is 0 Å². The van der Waals surface area contributed by atoms with Crippen LogP contribution in [0.15, 0.2) is 27.1 Å². The zero-order valence-electron chi connectivity index (χ0n) is 11.0. The number of carbonyl (C=O) groups excluding carboxylic acids is 1. The Bertz CT molecular complexity index is 439. The molecule has 0 aliphatic carbocycles. The third-order valence-electron chi connectivity index (χ3n) is 3.38. The summed E-state index contributed by atoms with van der Waals surface area (Å²) >= 11 is 6.85. The monoisotopic (exact) mass is 388 g/mol. The topological polar surface area (TPSA) is 32.3 Å². The van der Waals surface area contributed by atoms with E-state index in [1.54, 1.807) is 0 Å². The van der Waals surface area contributed by atoms with Crippen LogP contribution in [0.4, 0.5) is 0 Å². The van der Waals surface area contributed by atoms with Gasteiger partial charge in [0.2, 0.25) is 0 Å². The normalized spacial score (nSPS) is 18.6. The summed E-state index contributed by atoms with van der Waals surface area (Å²) in [6.45, 7) is 4.62. The molecule has 0 aromatic heterocycles. The van der Waals surface area contributed by atoms with E-state index in [1.165, 1.54) is 6.42 Å². The van der Waals surface area contributed by atoms with Gasteiger partial charge in [-0.15, -0.1) is 0 Å². The second-order valence-corrected chi connectivity index (χ2v) is 6.63. The van der Waals surface area contributed by atoms with E-state index < -0.39 is 0 Å². The van der Waals surface area contributed by atoms with E-state index in [4.69, 9.17) is 0 Å². The first-order valence-corrected chi connectivity index (χ1v) is 8.17. The first kappa shape index (κ1) is 15.0. The van der Waals surface area contributed by atoms with Crippen LogP contribution in [0.3, 0.4) is 0 Å². The van der Waals surface area contributed by atoms with Gasteiger partial charge in [-0.25, -0.2) is 0 Å². The van der Waals surface area contributed by atoms with E-state index in [0.717, 1.165) is 40.6 Å². The number of carbonyl (C=O) groups is 1. The fourth-order valence-electron chi connectivity index (χ4n) is 2.39. The second-order valence-electron chi connectivity index (χ2n) is 4.80. The summed E-state index contributed by atoms with van der Waals surface area (Å²) in [5, 5.41) is 3.44. The van der Waals surface area contributed by atoms with E-state index in [9.17, 15) is 4.79 Å². The maximum Gasteiger partial charge on any atom is 0.253 e. The molecule has 1 fully saturated rings. The Balaban J connectivity index is 2.10. The Morgan fingerprint density at radius 1 is 1.37 bits per heavy atom. The molecule has 19 heavy (non-hydrogen) atoms. The van der Waals surface area contributed by atoms with Gasteiger partial charge in [0.25, 0.3) is 5.91 Å². The van der Waals surface area contributed by atoms with E-state index >= 15 is 0 Å². The van der Waals surface area contributed by atoms with Crippen molar-refractivity contribution in [2.24, 2.45) is 0 Å². The molecule has 0 spiro atoms. The number of hydrogen-bond donors (Lipinski definition) is 1. The Kier molecular flexibility index (Phi) is 5.42. The van der Waals surface area contributed by atoms with E-state index in [-0.39, 0.29) is 5.91 Å². The lowest BCUT2D eigenvalue weighted by Gasteiger charge is -2.24. The van der Waals surface area contributed by atoms with Gasteiger partial charge >= 0.3 is 0 Å². The standard InChI is InChI=1S/C14H18Br2N2O/c1-2-18(9-13-4-3-5-17-13)14(19)10-6-11(15)8-12(16)7-10/h6-8,13,17H,2-5,9H2,1H3. The number of hydrogen-bond acceptors (Lipinski definition) is 2. The summed E-state index contributed by atoms with van der Waals surface area (Å²) < 4.78 is 1.83. The fourth-order valence-corrected chi connectivity index (χ4v) is 3.69. The molecule has 1 aliphatic rings. The molecule has 1 atom stereocenters. The number of benzene rings is 1. The molecular weight excluding hydrogens is 372 g/mol. The highest BCUT2D eigenvalue weighted by Crippen LogP contribution is 2.21. The summed E-state index contributed by atoms with van der Waals surface area (Å²) in [4.78, 5) is 14.4. The van der Waals surface area contributed by atoms with Crippen LogP contribution in [0.2, 0.25) is 0 Å². The third-order valence-corrected chi connectivity index (χ3v) is 4.30. The van der Waals surface area contributed by atoms with Gasteiger partial charge in [-0.3, -0.25) is 4.79 Å². The average Bonchev–Trinajstić information content (AvgIpc) is 2.86. The first-order chi connectivity index (χ1) is 9.10. The molecule has 1 saturated heterocycles. The lowest BCUT2D eigenvalue weighted by molar-refractivity contribution is 0.0751. The molecule has 1 heterocycles. The van der Waals surface area contributed by atoms with E-state index in [0.29, 0.717) is 6.04 Å². The number of rotatable bonds is 4. The zero-order valence-corrected chi connectivity index (χ0v) is 14.1. The molecule has 1 aromatic carbocycles. The smallest absolute Gasteiger partial charge is 0.253 e. The largest absolute Gasteiger partial charge is 0.337 e. The summed E-state index contributed by atoms with van der Waals surface area (Å²) in [6, 6.07) is 6.13. The molecule has 1 aliphatic heterocycles. The highest BCUT2D eigenvalue weighted by Gasteiger charge is 2.21. The maximum absolute atomic E-state index is 12.5. The maximum atomic E-state index is 12.5. The van der Waals surface area contributed by atoms with Gasteiger partial charge in [0.1, 0.15) is 0 Å². The van der Waals surface area contributed by atoms with Crippen molar-refractivity contribution < 1.29 is 4.79 Å². The van der Waals surface area contributed by atoms with Gasteiger partial charge < -0.3 is 10.2 Å². The summed E-state index contributed by atoms with van der Waals surface area (Å²) in [6.07, 6.45) is 2.37. The Hall–Kier alpha value is -0.390. The number of likely N-dealkylation sites (N-methyl/N-ethyl adjacent to an activating group) is 1. The number of nitrogens with one attached hydrogen (secondary N) is 1. The van der Waals surface area contributed by atoms with Gasteiger partial charge in [0.15, 0.2) is 0 Å². The first-order valence-electron chi connectivity index (χ1n) is 6.59. The van der Waals surface area contributed by atoms with Crippen LogP contribution in [0.1, 0.15) is 30.1 Å². The Morgan fingerprint density at radius 3 is 2.58 bits per heavy atom. The average molecular weight is 390 g/mol. The van der Waals surface area contributed by atoms with E-state index in [1.807, 2.05) is 30.0 Å². The molecule has 1 N–H and O–H groups in total. The van der Waals surface area contributed by atoms with Gasteiger partial charge in [0.05, 0.1) is 0 Å². The molecule has 104 valence electrons. The van der Waals surface area contributed by atoms with Gasteiger partial charge in [-0.05, 0) is 44.5 Å². The van der Waals surface area contributed by atoms with E-state index in [2.05, 4.69) is 37.2 Å². The van der Waals surface area contributed by atoms with Crippen LogP contribution in [0.25, 0.3) is 0 Å². The SMILES string of the molecule is CCN(CC1CCCN1)C(=O)c1cc(Br)cc(Br)c1. The predicted molar refractivity (Wildman–Crippen MR) is 84.4 cm³/mol. The van der Waals surface area contributed by atoms with Crippen LogP contribution < -0.4 is 5.32 Å². The van der Waals surface area contributed by atoms with Gasteiger partial charge in [0, 0.05) is 33.6 Å². The molecule has 1 amide bonds. The van der Waals surface area contributed by atoms with Crippen LogP contribution in [0, 0.1) is 0 Å². The minimum absolute atomic E-state index is 0.0956. The van der Waals surface area contributed by atoms with Crippen molar-refractivity contribution in [1.82, 2.24) is 10.2 Å². The predicted octanol–water partition coefficient (Wildman–Crippen LogP) is 3.43. The molecule has 2 rings (SSSR count). The minimum Gasteiger partial charge on any atom is -0.337 e. The molecule has 3 nitrogen and oxygen atoms in total. The van der Waals surface area contributed by atoms with Crippen molar-refractivity contribution in [1.29, 1.82) is 0 Å². The Morgan fingerprint density at radius 2 is 2.05 bits per heavy atom. The molecule has 1 unspecified atom stereocenters. The van der Waals surface area contributed by atoms with Crippen LogP contribution >= 0.6 is 31.9 Å². The van der Waals surface area contributed by atoms with Crippen LogP contribution in [-0.4, -0.2) is 36.5 Å². The van der Waals surface area contributed by atoms with Gasteiger partial charge in [-0.1, -0.05) is 31.9 Å². The minimum atomic E-state index is 0.0956.